The molecule has 0 radical (unpaired) electrons. The van der Waals surface area contributed by atoms with Crippen molar-refractivity contribution in [1.82, 2.24) is 5.32 Å². The van der Waals surface area contributed by atoms with E-state index in [1.807, 2.05) is 7.11 Å². The van der Waals surface area contributed by atoms with Crippen LogP contribution in [-0.4, -0.2) is 54.7 Å². The lowest BCUT2D eigenvalue weighted by Crippen LogP contribution is -2.64. The summed E-state index contributed by atoms with van der Waals surface area (Å²) in [6.07, 6.45) is 10.5. The summed E-state index contributed by atoms with van der Waals surface area (Å²) in [4.78, 5) is 0. The molecule has 23 heavy (non-hydrogen) atoms. The second-order valence-electron chi connectivity index (χ2n) is 6.62. The fraction of sp³-hybridized carbons (Fsp3) is 1.00. The van der Waals surface area contributed by atoms with Gasteiger partial charge in [-0.2, -0.15) is 0 Å². The van der Waals surface area contributed by atoms with Crippen LogP contribution >= 0.6 is 0 Å². The Morgan fingerprint density at radius 2 is 1.65 bits per heavy atom. The van der Waals surface area contributed by atoms with E-state index in [-0.39, 0.29) is 5.22 Å². The fourth-order valence-electron chi connectivity index (χ4n) is 3.89. The molecule has 1 heterocycles. The Kier molecular flexibility index (Phi) is 10.6. The highest BCUT2D eigenvalue weighted by atomic mass is 28.4. The van der Waals surface area contributed by atoms with E-state index in [1.54, 1.807) is 14.2 Å². The van der Waals surface area contributed by atoms with Crippen molar-refractivity contribution in [1.29, 1.82) is 0 Å². The van der Waals surface area contributed by atoms with Gasteiger partial charge in [-0.05, 0) is 57.8 Å². The van der Waals surface area contributed by atoms with Crippen molar-refractivity contribution in [3.63, 3.8) is 0 Å². The van der Waals surface area contributed by atoms with E-state index in [1.165, 1.54) is 32.1 Å². The van der Waals surface area contributed by atoms with Crippen LogP contribution in [0.25, 0.3) is 0 Å². The Morgan fingerprint density at radius 3 is 2.30 bits per heavy atom. The van der Waals surface area contributed by atoms with Crippen LogP contribution in [0.5, 0.6) is 0 Å². The normalized spacial score (nSPS) is 24.0. The maximum atomic E-state index is 6.02. The first-order valence-corrected chi connectivity index (χ1v) is 11.3. The molecule has 1 saturated heterocycles. The number of hydrogen-bond acceptors (Lipinski definition) is 5. The molecular formula is C17H38N2O3Si. The lowest BCUT2D eigenvalue weighted by molar-refractivity contribution is -0.0156. The van der Waals surface area contributed by atoms with Crippen LogP contribution < -0.4 is 11.1 Å². The number of unbranched alkanes of at least 4 members (excludes halogenated alkanes) is 3. The van der Waals surface area contributed by atoms with Crippen molar-refractivity contribution >= 4 is 8.56 Å². The average Bonchev–Trinajstić information content (AvgIpc) is 2.60. The van der Waals surface area contributed by atoms with E-state index in [0.717, 1.165) is 51.4 Å². The van der Waals surface area contributed by atoms with Gasteiger partial charge in [-0.3, -0.25) is 0 Å². The van der Waals surface area contributed by atoms with Gasteiger partial charge in [0, 0.05) is 21.3 Å². The lowest BCUT2D eigenvalue weighted by atomic mass is 10.1. The zero-order valence-electron chi connectivity index (χ0n) is 15.5. The van der Waals surface area contributed by atoms with Crippen LogP contribution in [-0.2, 0) is 13.6 Å². The van der Waals surface area contributed by atoms with Gasteiger partial charge in [0.1, 0.15) is 5.22 Å². The molecular weight excluding hydrogens is 308 g/mol. The van der Waals surface area contributed by atoms with E-state index in [4.69, 9.17) is 19.3 Å². The molecule has 6 heteroatoms. The molecule has 5 nitrogen and oxygen atoms in total. The summed E-state index contributed by atoms with van der Waals surface area (Å²) < 4.78 is 17.9. The van der Waals surface area contributed by atoms with Crippen LogP contribution in [0.3, 0.4) is 0 Å². The van der Waals surface area contributed by atoms with Gasteiger partial charge in [-0.25, -0.2) is 0 Å². The molecule has 0 saturated carbocycles. The number of methoxy groups -OCH3 is 1. The summed E-state index contributed by atoms with van der Waals surface area (Å²) in [5, 5.41) is 3.37. The minimum atomic E-state index is -2.26. The summed E-state index contributed by atoms with van der Waals surface area (Å²) in [7, 11) is 3.17. The van der Waals surface area contributed by atoms with Crippen LogP contribution in [0.15, 0.2) is 0 Å². The van der Waals surface area contributed by atoms with Gasteiger partial charge in [-0.15, -0.1) is 0 Å². The molecule has 0 amide bonds. The molecule has 1 aliphatic rings. The maximum absolute atomic E-state index is 6.02. The Labute approximate surface area is 143 Å². The first-order chi connectivity index (χ1) is 11.2. The lowest BCUT2D eigenvalue weighted by Gasteiger charge is -2.48. The van der Waals surface area contributed by atoms with E-state index in [2.05, 4.69) is 5.32 Å². The highest BCUT2D eigenvalue weighted by Crippen LogP contribution is 2.42. The van der Waals surface area contributed by atoms with Crippen LogP contribution in [0.4, 0.5) is 0 Å². The smallest absolute Gasteiger partial charge is 0.370 e. The van der Waals surface area contributed by atoms with Crippen LogP contribution in [0.1, 0.15) is 57.8 Å². The molecule has 0 aromatic heterocycles. The van der Waals surface area contributed by atoms with E-state index in [9.17, 15) is 0 Å². The van der Waals surface area contributed by atoms with Gasteiger partial charge in [0.05, 0.1) is 0 Å². The monoisotopic (exact) mass is 346 g/mol. The molecule has 0 aliphatic carbocycles. The third-order valence-electron chi connectivity index (χ3n) is 5.32. The van der Waals surface area contributed by atoms with Crippen molar-refractivity contribution < 1.29 is 13.6 Å². The zero-order chi connectivity index (χ0) is 17.0. The van der Waals surface area contributed by atoms with Crippen molar-refractivity contribution in [3.8, 4) is 0 Å². The molecule has 3 N–H and O–H groups in total. The quantitative estimate of drug-likeness (QED) is 0.396. The number of rotatable bonds is 13. The van der Waals surface area contributed by atoms with Gasteiger partial charge in [0.15, 0.2) is 0 Å². The summed E-state index contributed by atoms with van der Waals surface area (Å²) in [5.74, 6) is 0. The number of hydrogen-bond donors (Lipinski definition) is 2. The molecule has 1 atom stereocenters. The summed E-state index contributed by atoms with van der Waals surface area (Å²) in [6.45, 7) is 2.96. The van der Waals surface area contributed by atoms with Crippen LogP contribution in [0.2, 0.25) is 6.04 Å². The Balaban J connectivity index is 2.31. The molecule has 0 aromatic carbocycles. The molecule has 1 unspecified atom stereocenters. The summed E-state index contributed by atoms with van der Waals surface area (Å²) in [6, 6.07) is 1.04. The maximum Gasteiger partial charge on any atom is 0.370 e. The van der Waals surface area contributed by atoms with Gasteiger partial charge >= 0.3 is 8.56 Å². The van der Waals surface area contributed by atoms with Crippen molar-refractivity contribution in [3.05, 3.63) is 0 Å². The minimum Gasteiger partial charge on any atom is -0.396 e. The summed E-state index contributed by atoms with van der Waals surface area (Å²) in [5.41, 5.74) is 5.51. The van der Waals surface area contributed by atoms with E-state index >= 15 is 0 Å². The number of ether oxygens (including phenoxy) is 1. The van der Waals surface area contributed by atoms with Crippen molar-refractivity contribution in [2.75, 3.05) is 41.0 Å². The van der Waals surface area contributed by atoms with Gasteiger partial charge in [-0.1, -0.05) is 25.7 Å². The van der Waals surface area contributed by atoms with Gasteiger partial charge in [0.25, 0.3) is 0 Å². The topological polar surface area (TPSA) is 65.7 Å². The highest BCUT2D eigenvalue weighted by Gasteiger charge is 2.58. The van der Waals surface area contributed by atoms with Crippen molar-refractivity contribution in [2.24, 2.45) is 5.73 Å². The Hall–Kier alpha value is 0.0169. The molecule has 138 valence electrons. The summed E-state index contributed by atoms with van der Waals surface area (Å²) >= 11 is 0. The third kappa shape index (κ3) is 5.79. The Bertz CT molecular complexity index is 304. The van der Waals surface area contributed by atoms with Crippen molar-refractivity contribution in [2.45, 2.75) is 69.1 Å². The SMILES string of the molecule is COC1(CCCNCCCCCCN)CCCC[Si]1(OC)OC. The third-order valence-corrected chi connectivity index (χ3v) is 9.75. The molecule has 0 bridgehead atoms. The highest BCUT2D eigenvalue weighted by molar-refractivity contribution is 6.70. The zero-order valence-corrected chi connectivity index (χ0v) is 16.5. The average molecular weight is 347 g/mol. The molecule has 0 spiro atoms. The minimum absolute atomic E-state index is 0.183. The van der Waals surface area contributed by atoms with E-state index < -0.39 is 8.56 Å². The fourth-order valence-corrected chi connectivity index (χ4v) is 7.81. The molecule has 1 aliphatic heterocycles. The second-order valence-corrected chi connectivity index (χ2v) is 10.4. The second kappa shape index (κ2) is 11.6. The van der Waals surface area contributed by atoms with Crippen LogP contribution in [0, 0.1) is 0 Å². The molecule has 1 fully saturated rings. The Morgan fingerprint density at radius 1 is 0.957 bits per heavy atom. The predicted molar refractivity (Wildman–Crippen MR) is 97.8 cm³/mol. The predicted octanol–water partition coefficient (Wildman–Crippen LogP) is 2.72. The standard InChI is InChI=1S/C17H38N2O3Si/c1-20-17(11-6-9-16-23(17,21-2)22-3)12-10-15-19-14-8-5-4-7-13-18/h19H,4-16,18H2,1-3H3. The molecule has 0 aromatic rings. The van der Waals surface area contributed by atoms with Gasteiger partial charge in [0.2, 0.25) is 0 Å². The first-order valence-electron chi connectivity index (χ1n) is 9.26. The number of nitrogens with two attached hydrogens (primary N) is 1. The largest absolute Gasteiger partial charge is 0.396 e. The van der Waals surface area contributed by atoms with E-state index in [0.29, 0.717) is 0 Å². The number of nitrogens with one attached hydrogen (secondary N) is 1. The molecule has 1 rings (SSSR count). The van der Waals surface area contributed by atoms with Gasteiger partial charge < -0.3 is 24.6 Å². The first kappa shape index (κ1) is 21.1.